The summed E-state index contributed by atoms with van der Waals surface area (Å²) in [6.07, 6.45) is 1.98. The zero-order valence-electron chi connectivity index (χ0n) is 6.12. The third kappa shape index (κ3) is 1.91. The maximum Gasteiger partial charge on any atom is 0.356 e. The van der Waals surface area contributed by atoms with E-state index in [0.717, 1.165) is 0 Å². The summed E-state index contributed by atoms with van der Waals surface area (Å²) in [4.78, 5) is 10.3. The van der Waals surface area contributed by atoms with Crippen molar-refractivity contribution >= 4 is 5.97 Å². The monoisotopic (exact) mass is 170 g/mol. The minimum absolute atomic E-state index is 0.0581. The van der Waals surface area contributed by atoms with E-state index in [9.17, 15) is 9.18 Å². The third-order valence-corrected chi connectivity index (χ3v) is 1.28. The molecule has 0 spiro atoms. The van der Waals surface area contributed by atoms with Crippen LogP contribution in [-0.4, -0.2) is 21.3 Å². The summed E-state index contributed by atoms with van der Waals surface area (Å²) in [7, 11) is 0. The highest BCUT2D eigenvalue weighted by Crippen LogP contribution is 2.00. The van der Waals surface area contributed by atoms with Gasteiger partial charge in [-0.2, -0.15) is 5.10 Å². The molecule has 1 aromatic rings. The van der Waals surface area contributed by atoms with Crippen LogP contribution in [0, 0.1) is 0 Å². The Morgan fingerprint density at radius 2 is 2.58 bits per heavy atom. The van der Waals surface area contributed by atoms with Crippen molar-refractivity contribution in [2.45, 2.75) is 6.42 Å². The van der Waals surface area contributed by atoms with Gasteiger partial charge in [-0.15, -0.1) is 0 Å². The molecule has 1 heterocycles. The number of nitrogens with zero attached hydrogens (tertiary/aromatic N) is 1. The number of carbonyl (C=O) groups is 1. The lowest BCUT2D eigenvalue weighted by Crippen LogP contribution is -1.95. The number of aromatic carboxylic acids is 1. The normalized spacial score (nSPS) is 10.8. The zero-order chi connectivity index (χ0) is 8.97. The van der Waals surface area contributed by atoms with E-state index in [1.54, 1.807) is 0 Å². The SMILES string of the molecule is O=C(O)c1cc(CC=CF)[nH]n1. The summed E-state index contributed by atoms with van der Waals surface area (Å²) in [5, 5.41) is 14.4. The van der Waals surface area contributed by atoms with E-state index in [1.165, 1.54) is 12.1 Å². The fourth-order valence-electron chi connectivity index (χ4n) is 0.747. The van der Waals surface area contributed by atoms with Gasteiger partial charge in [0.1, 0.15) is 0 Å². The van der Waals surface area contributed by atoms with Crippen molar-refractivity contribution in [1.29, 1.82) is 0 Å². The Kier molecular flexibility index (Phi) is 2.57. The number of hydrogen-bond donors (Lipinski definition) is 2. The molecule has 0 radical (unpaired) electrons. The van der Waals surface area contributed by atoms with Gasteiger partial charge in [0, 0.05) is 12.1 Å². The molecule has 0 atom stereocenters. The van der Waals surface area contributed by atoms with E-state index in [-0.39, 0.29) is 5.69 Å². The molecule has 2 N–H and O–H groups in total. The van der Waals surface area contributed by atoms with E-state index in [4.69, 9.17) is 5.11 Å². The van der Waals surface area contributed by atoms with Crippen LogP contribution in [0.2, 0.25) is 0 Å². The first-order valence-corrected chi connectivity index (χ1v) is 3.27. The zero-order valence-corrected chi connectivity index (χ0v) is 6.12. The average molecular weight is 170 g/mol. The van der Waals surface area contributed by atoms with Crippen molar-refractivity contribution in [2.24, 2.45) is 0 Å². The number of hydrogen-bond acceptors (Lipinski definition) is 2. The molecule has 0 fully saturated rings. The molecule has 12 heavy (non-hydrogen) atoms. The lowest BCUT2D eigenvalue weighted by molar-refractivity contribution is 0.0690. The van der Waals surface area contributed by atoms with Crippen LogP contribution in [0.4, 0.5) is 4.39 Å². The number of carboxylic acids is 1. The van der Waals surface area contributed by atoms with Crippen molar-refractivity contribution in [1.82, 2.24) is 10.2 Å². The number of carboxylic acid groups (broad SMARTS) is 1. The summed E-state index contributed by atoms with van der Waals surface area (Å²) < 4.78 is 11.5. The molecular weight excluding hydrogens is 163 g/mol. The maximum atomic E-state index is 11.5. The molecule has 0 aliphatic heterocycles. The second-order valence-electron chi connectivity index (χ2n) is 2.15. The lowest BCUT2D eigenvalue weighted by Gasteiger charge is -1.83. The third-order valence-electron chi connectivity index (χ3n) is 1.28. The molecule has 4 nitrogen and oxygen atoms in total. The number of rotatable bonds is 3. The molecule has 0 saturated carbocycles. The van der Waals surface area contributed by atoms with Gasteiger partial charge < -0.3 is 5.11 Å². The minimum Gasteiger partial charge on any atom is -0.476 e. The molecule has 0 unspecified atom stereocenters. The van der Waals surface area contributed by atoms with Gasteiger partial charge in [-0.3, -0.25) is 5.10 Å². The van der Waals surface area contributed by atoms with Crippen molar-refractivity contribution < 1.29 is 14.3 Å². The standard InChI is InChI=1S/C7H7FN2O2/c8-3-1-2-5-4-6(7(11)12)10-9-5/h1,3-4H,2H2,(H,9,10)(H,11,12). The second kappa shape index (κ2) is 3.66. The molecule has 0 aromatic carbocycles. The number of aromatic nitrogens is 2. The van der Waals surface area contributed by atoms with Crippen molar-refractivity contribution in [3.8, 4) is 0 Å². The van der Waals surface area contributed by atoms with Gasteiger partial charge >= 0.3 is 5.97 Å². The van der Waals surface area contributed by atoms with Crippen molar-refractivity contribution in [2.75, 3.05) is 0 Å². The highest BCUT2D eigenvalue weighted by Gasteiger charge is 2.06. The smallest absolute Gasteiger partial charge is 0.356 e. The van der Waals surface area contributed by atoms with E-state index in [2.05, 4.69) is 10.2 Å². The predicted octanol–water partition coefficient (Wildman–Crippen LogP) is 1.13. The largest absolute Gasteiger partial charge is 0.476 e. The van der Waals surface area contributed by atoms with Crippen LogP contribution >= 0.6 is 0 Å². The predicted molar refractivity (Wildman–Crippen MR) is 39.5 cm³/mol. The average Bonchev–Trinajstić information content (AvgIpc) is 2.48. The van der Waals surface area contributed by atoms with Crippen LogP contribution in [0.3, 0.4) is 0 Å². The summed E-state index contributed by atoms with van der Waals surface area (Å²) in [5.74, 6) is -1.10. The van der Waals surface area contributed by atoms with E-state index in [1.807, 2.05) is 0 Å². The molecule has 0 saturated heterocycles. The molecule has 5 heteroatoms. The van der Waals surface area contributed by atoms with Crippen LogP contribution in [0.1, 0.15) is 16.2 Å². The first kappa shape index (κ1) is 8.45. The Labute approximate surface area is 67.7 Å². The molecule has 1 rings (SSSR count). The van der Waals surface area contributed by atoms with E-state index in [0.29, 0.717) is 18.4 Å². The van der Waals surface area contributed by atoms with Gasteiger partial charge in [-0.25, -0.2) is 9.18 Å². The summed E-state index contributed by atoms with van der Waals surface area (Å²) in [6, 6.07) is 1.36. The van der Waals surface area contributed by atoms with E-state index >= 15 is 0 Å². The number of aromatic amines is 1. The first-order chi connectivity index (χ1) is 5.74. The Balaban J connectivity index is 2.70. The molecular formula is C7H7FN2O2. The van der Waals surface area contributed by atoms with Crippen LogP contribution in [0.25, 0.3) is 0 Å². The van der Waals surface area contributed by atoms with Crippen LogP contribution < -0.4 is 0 Å². The Morgan fingerprint density at radius 1 is 1.83 bits per heavy atom. The van der Waals surface area contributed by atoms with Crippen LogP contribution in [0.15, 0.2) is 18.5 Å². The van der Waals surface area contributed by atoms with Gasteiger partial charge in [0.25, 0.3) is 0 Å². The molecule has 1 aromatic heterocycles. The quantitative estimate of drug-likeness (QED) is 0.714. The summed E-state index contributed by atoms with van der Waals surface area (Å²) in [5.41, 5.74) is 0.513. The van der Waals surface area contributed by atoms with Gasteiger partial charge in [0.2, 0.25) is 0 Å². The molecule has 0 aliphatic carbocycles. The van der Waals surface area contributed by atoms with Gasteiger partial charge in [0.05, 0.1) is 6.33 Å². The molecule has 0 aliphatic rings. The topological polar surface area (TPSA) is 66.0 Å². The second-order valence-corrected chi connectivity index (χ2v) is 2.15. The van der Waals surface area contributed by atoms with Crippen molar-refractivity contribution in [3.63, 3.8) is 0 Å². The Hall–Kier alpha value is -1.65. The molecule has 64 valence electrons. The number of halogens is 1. The van der Waals surface area contributed by atoms with Gasteiger partial charge in [-0.1, -0.05) is 6.08 Å². The number of H-pyrrole nitrogens is 1. The maximum absolute atomic E-state index is 11.5. The highest BCUT2D eigenvalue weighted by molar-refractivity contribution is 5.85. The fraction of sp³-hybridized carbons (Fsp3) is 0.143. The van der Waals surface area contributed by atoms with Gasteiger partial charge in [-0.05, 0) is 6.07 Å². The van der Waals surface area contributed by atoms with Gasteiger partial charge in [0.15, 0.2) is 5.69 Å². The lowest BCUT2D eigenvalue weighted by atomic mass is 10.3. The Bertz CT molecular complexity index is 306. The molecule has 0 bridgehead atoms. The first-order valence-electron chi connectivity index (χ1n) is 3.27. The Morgan fingerprint density at radius 3 is 3.08 bits per heavy atom. The minimum atomic E-state index is -1.10. The molecule has 0 amide bonds. The fourth-order valence-corrected chi connectivity index (χ4v) is 0.747. The van der Waals surface area contributed by atoms with Crippen LogP contribution in [0.5, 0.6) is 0 Å². The number of allylic oxidation sites excluding steroid dienone is 1. The number of nitrogens with one attached hydrogen (secondary N) is 1. The highest BCUT2D eigenvalue weighted by atomic mass is 19.1. The van der Waals surface area contributed by atoms with E-state index < -0.39 is 5.97 Å². The summed E-state index contributed by atoms with van der Waals surface area (Å²) >= 11 is 0. The summed E-state index contributed by atoms with van der Waals surface area (Å²) in [6.45, 7) is 0. The van der Waals surface area contributed by atoms with Crippen LogP contribution in [-0.2, 0) is 6.42 Å². The van der Waals surface area contributed by atoms with Crippen molar-refractivity contribution in [3.05, 3.63) is 29.9 Å².